The van der Waals surface area contributed by atoms with Crippen LogP contribution in [0.3, 0.4) is 0 Å². The van der Waals surface area contributed by atoms with Gasteiger partial charge in [0.05, 0.1) is 23.0 Å². The van der Waals surface area contributed by atoms with Crippen LogP contribution in [-0.2, 0) is 0 Å². The molecule has 5 rings (SSSR count). The van der Waals surface area contributed by atoms with E-state index in [-0.39, 0.29) is 12.1 Å². The van der Waals surface area contributed by atoms with Crippen LogP contribution in [0.25, 0.3) is 11.4 Å². The molecule has 3 aromatic heterocycles. The maximum Gasteiger partial charge on any atom is 0.341 e. The number of hydrazone groups is 1. The third-order valence-electron chi connectivity index (χ3n) is 5.55. The second-order valence-electron chi connectivity index (χ2n) is 7.48. The van der Waals surface area contributed by atoms with E-state index in [1.54, 1.807) is 35.8 Å². The van der Waals surface area contributed by atoms with Crippen molar-refractivity contribution < 1.29 is 4.79 Å². The number of hydrogen-bond donors (Lipinski definition) is 1. The summed E-state index contributed by atoms with van der Waals surface area (Å²) >= 11 is 0. The number of aromatic amines is 1. The molecule has 1 unspecified atom stereocenters. The molecule has 11 nitrogen and oxygen atoms in total. The van der Waals surface area contributed by atoms with Crippen molar-refractivity contribution in [2.75, 3.05) is 31.1 Å². The smallest absolute Gasteiger partial charge is 0.337 e. The van der Waals surface area contributed by atoms with E-state index in [2.05, 4.69) is 41.2 Å². The van der Waals surface area contributed by atoms with Crippen LogP contribution in [0.1, 0.15) is 23.6 Å². The standard InChI is InChI=1S/C21H20N10O/c22-12-15-11-16(14-23-13-15)19-3-6-26-31(19)21(32)30-9-7-29(8-10-30)20-24-4-1-17(27-20)18-2-5-25-28-18/h1-2,4-6,11,13-14,19H,3,7-10H2,(H,25,28). The van der Waals surface area contributed by atoms with Gasteiger partial charge in [-0.05, 0) is 23.8 Å². The van der Waals surface area contributed by atoms with Gasteiger partial charge in [0.1, 0.15) is 6.07 Å². The van der Waals surface area contributed by atoms with Crippen LogP contribution in [0, 0.1) is 11.3 Å². The number of nitrogens with zero attached hydrogens (tertiary/aromatic N) is 9. The Morgan fingerprint density at radius 2 is 2.03 bits per heavy atom. The quantitative estimate of drug-likeness (QED) is 0.673. The molecular weight excluding hydrogens is 408 g/mol. The predicted molar refractivity (Wildman–Crippen MR) is 115 cm³/mol. The molecule has 2 aliphatic rings. The molecule has 0 radical (unpaired) electrons. The van der Waals surface area contributed by atoms with Crippen molar-refractivity contribution in [1.82, 2.24) is 35.1 Å². The molecule has 2 aliphatic heterocycles. The summed E-state index contributed by atoms with van der Waals surface area (Å²) in [4.78, 5) is 30.2. The number of H-pyrrole nitrogens is 1. The number of carbonyl (C=O) groups is 1. The van der Waals surface area contributed by atoms with Gasteiger partial charge in [0, 0.05) is 63.6 Å². The number of nitriles is 1. The molecule has 3 aromatic rings. The number of amides is 2. The first-order valence-electron chi connectivity index (χ1n) is 10.3. The lowest BCUT2D eigenvalue weighted by Crippen LogP contribution is -2.52. The molecular formula is C21H20N10O. The van der Waals surface area contributed by atoms with Gasteiger partial charge in [0.2, 0.25) is 5.95 Å². The number of piperazine rings is 1. The molecule has 2 amide bonds. The zero-order valence-corrected chi connectivity index (χ0v) is 17.2. The van der Waals surface area contributed by atoms with Crippen molar-refractivity contribution in [3.8, 4) is 17.5 Å². The van der Waals surface area contributed by atoms with Crippen molar-refractivity contribution in [1.29, 1.82) is 5.26 Å². The van der Waals surface area contributed by atoms with E-state index in [9.17, 15) is 4.79 Å². The van der Waals surface area contributed by atoms with E-state index in [4.69, 9.17) is 5.26 Å². The van der Waals surface area contributed by atoms with Gasteiger partial charge in [-0.2, -0.15) is 15.5 Å². The highest BCUT2D eigenvalue weighted by atomic mass is 16.2. The van der Waals surface area contributed by atoms with E-state index in [1.165, 1.54) is 11.2 Å². The molecule has 1 saturated heterocycles. The van der Waals surface area contributed by atoms with E-state index < -0.39 is 0 Å². The first-order valence-corrected chi connectivity index (χ1v) is 10.3. The van der Waals surface area contributed by atoms with Gasteiger partial charge in [-0.15, -0.1) is 0 Å². The van der Waals surface area contributed by atoms with Gasteiger partial charge >= 0.3 is 6.03 Å². The van der Waals surface area contributed by atoms with Crippen LogP contribution in [0.5, 0.6) is 0 Å². The second kappa shape index (κ2) is 8.43. The monoisotopic (exact) mass is 428 g/mol. The number of pyridine rings is 1. The lowest BCUT2D eigenvalue weighted by molar-refractivity contribution is 0.139. The summed E-state index contributed by atoms with van der Waals surface area (Å²) in [5.41, 5.74) is 2.87. The fraction of sp³-hybridized carbons (Fsp3) is 0.286. The molecule has 11 heteroatoms. The number of anilines is 1. The predicted octanol–water partition coefficient (Wildman–Crippen LogP) is 1.81. The Morgan fingerprint density at radius 1 is 1.16 bits per heavy atom. The minimum Gasteiger partial charge on any atom is -0.337 e. The minimum atomic E-state index is -0.254. The lowest BCUT2D eigenvalue weighted by Gasteiger charge is -2.37. The van der Waals surface area contributed by atoms with E-state index in [1.807, 2.05) is 12.1 Å². The number of aromatic nitrogens is 5. The van der Waals surface area contributed by atoms with Gasteiger partial charge in [0.15, 0.2) is 0 Å². The largest absolute Gasteiger partial charge is 0.341 e. The van der Waals surface area contributed by atoms with Gasteiger partial charge in [-0.3, -0.25) is 10.1 Å². The molecule has 1 fully saturated rings. The van der Waals surface area contributed by atoms with Crippen molar-refractivity contribution >= 4 is 18.2 Å². The van der Waals surface area contributed by atoms with Crippen LogP contribution < -0.4 is 4.90 Å². The zero-order chi connectivity index (χ0) is 21.9. The topological polar surface area (TPSA) is 130 Å². The van der Waals surface area contributed by atoms with E-state index >= 15 is 0 Å². The van der Waals surface area contributed by atoms with Crippen LogP contribution in [0.2, 0.25) is 0 Å². The molecule has 5 heterocycles. The summed E-state index contributed by atoms with van der Waals surface area (Å²) in [7, 11) is 0. The average molecular weight is 428 g/mol. The van der Waals surface area contributed by atoms with Crippen molar-refractivity contribution in [2.45, 2.75) is 12.5 Å². The zero-order valence-electron chi connectivity index (χ0n) is 17.2. The summed E-state index contributed by atoms with van der Waals surface area (Å²) in [6, 6.07) is 7.13. The van der Waals surface area contributed by atoms with E-state index in [0.717, 1.165) is 17.0 Å². The second-order valence-corrected chi connectivity index (χ2v) is 7.48. The van der Waals surface area contributed by atoms with Gasteiger partial charge in [0.25, 0.3) is 0 Å². The van der Waals surface area contributed by atoms with Crippen molar-refractivity contribution in [3.63, 3.8) is 0 Å². The van der Waals surface area contributed by atoms with Crippen LogP contribution in [0.4, 0.5) is 10.7 Å². The highest BCUT2D eigenvalue weighted by molar-refractivity contribution is 5.78. The maximum atomic E-state index is 13.2. The Labute approximate surface area is 184 Å². The number of hydrogen-bond acceptors (Lipinski definition) is 8. The van der Waals surface area contributed by atoms with E-state index in [0.29, 0.717) is 44.1 Å². The third kappa shape index (κ3) is 3.74. The highest BCUT2D eigenvalue weighted by Gasteiger charge is 2.33. The molecule has 0 aromatic carbocycles. The SMILES string of the molecule is N#Cc1cncc(C2CC=NN2C(=O)N2CCN(c3nccc(-c4ccn[nH]4)n3)CC2)c1. The molecule has 32 heavy (non-hydrogen) atoms. The van der Waals surface area contributed by atoms with Gasteiger partial charge in [-0.1, -0.05) is 0 Å². The molecule has 0 aliphatic carbocycles. The first kappa shape index (κ1) is 19.6. The summed E-state index contributed by atoms with van der Waals surface area (Å²) in [5, 5.41) is 21.8. The van der Waals surface area contributed by atoms with Crippen LogP contribution in [-0.4, -0.2) is 73.5 Å². The Morgan fingerprint density at radius 3 is 2.81 bits per heavy atom. The highest BCUT2D eigenvalue weighted by Crippen LogP contribution is 2.29. The summed E-state index contributed by atoms with van der Waals surface area (Å²) in [6.45, 7) is 2.30. The average Bonchev–Trinajstić information content (AvgIpc) is 3.57. The maximum absolute atomic E-state index is 13.2. The normalized spacial score (nSPS) is 18.1. The lowest BCUT2D eigenvalue weighted by atomic mass is 10.1. The fourth-order valence-corrected chi connectivity index (χ4v) is 3.87. The van der Waals surface area contributed by atoms with Crippen LogP contribution in [0.15, 0.2) is 48.1 Å². The molecule has 1 N–H and O–H groups in total. The third-order valence-corrected chi connectivity index (χ3v) is 5.55. The summed E-state index contributed by atoms with van der Waals surface area (Å²) in [6.07, 6.45) is 8.92. The fourth-order valence-electron chi connectivity index (χ4n) is 3.87. The number of urea groups is 1. The molecule has 160 valence electrons. The van der Waals surface area contributed by atoms with Gasteiger partial charge in [-0.25, -0.2) is 19.8 Å². The number of carbonyl (C=O) groups excluding carboxylic acids is 1. The summed E-state index contributed by atoms with van der Waals surface area (Å²) in [5.74, 6) is 0.626. The summed E-state index contributed by atoms with van der Waals surface area (Å²) < 4.78 is 0. The Balaban J connectivity index is 1.25. The molecule has 0 bridgehead atoms. The van der Waals surface area contributed by atoms with Crippen molar-refractivity contribution in [3.05, 3.63) is 54.1 Å². The molecule has 1 atom stereocenters. The van der Waals surface area contributed by atoms with Crippen molar-refractivity contribution in [2.24, 2.45) is 5.10 Å². The number of nitrogens with one attached hydrogen (secondary N) is 1. The van der Waals surface area contributed by atoms with Crippen LogP contribution >= 0.6 is 0 Å². The number of rotatable bonds is 3. The Hall–Kier alpha value is -4.33. The molecule has 0 saturated carbocycles. The first-order chi connectivity index (χ1) is 15.7. The Bertz CT molecular complexity index is 1180. The van der Waals surface area contributed by atoms with Gasteiger partial charge < -0.3 is 9.80 Å². The minimum absolute atomic E-state index is 0.155. The molecule has 0 spiro atoms. The Kier molecular flexibility index (Phi) is 5.17.